The molecule has 2 N–H and O–H groups in total. The fourth-order valence-electron chi connectivity index (χ4n) is 2.42. The van der Waals surface area contributed by atoms with Crippen molar-refractivity contribution in [3.63, 3.8) is 0 Å². The lowest BCUT2D eigenvalue weighted by Gasteiger charge is -2.15. The predicted molar refractivity (Wildman–Crippen MR) is 77.0 cm³/mol. The van der Waals surface area contributed by atoms with Crippen molar-refractivity contribution < 1.29 is 19.4 Å². The number of aliphatic carboxylic acids is 1. The number of nitrogens with one attached hydrogen (secondary N) is 1. The molecule has 1 saturated heterocycles. The van der Waals surface area contributed by atoms with Gasteiger partial charge in [0.25, 0.3) is 0 Å². The Bertz CT molecular complexity index is 518. The molecule has 6 nitrogen and oxygen atoms in total. The Morgan fingerprint density at radius 3 is 2.95 bits per heavy atom. The molecule has 1 fully saturated rings. The summed E-state index contributed by atoms with van der Waals surface area (Å²) in [6.45, 7) is 1.78. The zero-order chi connectivity index (χ0) is 15.2. The molecule has 114 valence electrons. The minimum atomic E-state index is -0.783. The summed E-state index contributed by atoms with van der Waals surface area (Å²) in [7, 11) is 1.60. The highest BCUT2D eigenvalue weighted by atomic mass is 16.5. The summed E-state index contributed by atoms with van der Waals surface area (Å²) >= 11 is 0. The van der Waals surface area contributed by atoms with Gasteiger partial charge < -0.3 is 15.2 Å². The summed E-state index contributed by atoms with van der Waals surface area (Å²) in [4.78, 5) is 24.6. The molecule has 21 heavy (non-hydrogen) atoms. The lowest BCUT2D eigenvalue weighted by atomic mass is 10.1. The van der Waals surface area contributed by atoms with Crippen LogP contribution in [0.15, 0.2) is 24.3 Å². The second kappa shape index (κ2) is 7.08. The molecule has 0 saturated carbocycles. The van der Waals surface area contributed by atoms with E-state index < -0.39 is 5.97 Å². The molecule has 1 aromatic rings. The van der Waals surface area contributed by atoms with Crippen LogP contribution in [0.25, 0.3) is 0 Å². The fraction of sp³-hybridized carbons (Fsp3) is 0.467. The van der Waals surface area contributed by atoms with Gasteiger partial charge in [0.2, 0.25) is 5.91 Å². The van der Waals surface area contributed by atoms with Gasteiger partial charge in [0.05, 0.1) is 19.6 Å². The average Bonchev–Trinajstić information content (AvgIpc) is 2.94. The molecular weight excluding hydrogens is 272 g/mol. The third-order valence-corrected chi connectivity index (χ3v) is 3.61. The standard InChI is InChI=1S/C15H20N2O4/c1-21-13-4-2-3-11(7-13)8-16-14(18)10-17-6-5-12(9-17)15(19)20/h2-4,7,12H,5-6,8-10H2,1H3,(H,16,18)(H,19,20). The summed E-state index contributed by atoms with van der Waals surface area (Å²) in [5.41, 5.74) is 0.965. The van der Waals surface area contributed by atoms with E-state index in [0.717, 1.165) is 11.3 Å². The summed E-state index contributed by atoms with van der Waals surface area (Å²) in [6.07, 6.45) is 0.610. The summed E-state index contributed by atoms with van der Waals surface area (Å²) in [5, 5.41) is 11.8. The van der Waals surface area contributed by atoms with Crippen LogP contribution in [0, 0.1) is 5.92 Å². The number of nitrogens with zero attached hydrogens (tertiary/aromatic N) is 1. The van der Waals surface area contributed by atoms with Crippen molar-refractivity contribution in [2.24, 2.45) is 5.92 Å². The van der Waals surface area contributed by atoms with Crippen LogP contribution in [0.1, 0.15) is 12.0 Å². The average molecular weight is 292 g/mol. The zero-order valence-electron chi connectivity index (χ0n) is 12.0. The number of carboxylic acids is 1. The van der Waals surface area contributed by atoms with Gasteiger partial charge in [0.15, 0.2) is 0 Å². The van der Waals surface area contributed by atoms with Gasteiger partial charge in [-0.15, -0.1) is 0 Å². The largest absolute Gasteiger partial charge is 0.497 e. The minimum absolute atomic E-state index is 0.0936. The molecule has 1 amide bonds. The first-order valence-electron chi connectivity index (χ1n) is 6.93. The first-order chi connectivity index (χ1) is 10.1. The Hall–Kier alpha value is -2.08. The van der Waals surface area contributed by atoms with E-state index in [4.69, 9.17) is 9.84 Å². The van der Waals surface area contributed by atoms with Crippen molar-refractivity contribution in [1.82, 2.24) is 10.2 Å². The van der Waals surface area contributed by atoms with Gasteiger partial charge in [-0.2, -0.15) is 0 Å². The minimum Gasteiger partial charge on any atom is -0.497 e. The Labute approximate surface area is 123 Å². The number of carbonyl (C=O) groups is 2. The number of methoxy groups -OCH3 is 1. The Morgan fingerprint density at radius 1 is 1.48 bits per heavy atom. The maximum atomic E-state index is 11.9. The van der Waals surface area contributed by atoms with Crippen molar-refractivity contribution in [2.75, 3.05) is 26.7 Å². The Morgan fingerprint density at radius 2 is 2.29 bits per heavy atom. The maximum absolute atomic E-state index is 11.9. The fourth-order valence-corrected chi connectivity index (χ4v) is 2.42. The molecule has 0 radical (unpaired) electrons. The monoisotopic (exact) mass is 292 g/mol. The molecule has 0 spiro atoms. The van der Waals surface area contributed by atoms with Gasteiger partial charge in [-0.1, -0.05) is 12.1 Å². The highest BCUT2D eigenvalue weighted by Crippen LogP contribution is 2.16. The van der Waals surface area contributed by atoms with Gasteiger partial charge >= 0.3 is 5.97 Å². The number of ether oxygens (including phenoxy) is 1. The van der Waals surface area contributed by atoms with E-state index in [9.17, 15) is 9.59 Å². The number of benzene rings is 1. The van der Waals surface area contributed by atoms with Crippen molar-refractivity contribution in [1.29, 1.82) is 0 Å². The van der Waals surface area contributed by atoms with Crippen LogP contribution in [-0.4, -0.2) is 48.6 Å². The van der Waals surface area contributed by atoms with Crippen LogP contribution in [0.3, 0.4) is 0 Å². The second-order valence-electron chi connectivity index (χ2n) is 5.19. The molecule has 1 aliphatic heterocycles. The van der Waals surface area contributed by atoms with Gasteiger partial charge in [-0.3, -0.25) is 14.5 Å². The molecule has 0 aliphatic carbocycles. The van der Waals surface area contributed by atoms with Crippen LogP contribution in [0.2, 0.25) is 0 Å². The molecule has 2 rings (SSSR count). The van der Waals surface area contributed by atoms with E-state index >= 15 is 0 Å². The third kappa shape index (κ3) is 4.46. The van der Waals surface area contributed by atoms with E-state index in [0.29, 0.717) is 26.1 Å². The topological polar surface area (TPSA) is 78.9 Å². The van der Waals surface area contributed by atoms with E-state index in [1.165, 1.54) is 0 Å². The molecule has 1 aliphatic rings. The second-order valence-corrected chi connectivity index (χ2v) is 5.19. The summed E-state index contributed by atoms with van der Waals surface area (Å²) in [6, 6.07) is 7.51. The van der Waals surface area contributed by atoms with Crippen molar-refractivity contribution in [3.05, 3.63) is 29.8 Å². The maximum Gasteiger partial charge on any atom is 0.307 e. The zero-order valence-corrected chi connectivity index (χ0v) is 12.0. The molecule has 1 unspecified atom stereocenters. The number of amides is 1. The van der Waals surface area contributed by atoms with Crippen LogP contribution in [0.4, 0.5) is 0 Å². The third-order valence-electron chi connectivity index (χ3n) is 3.61. The normalized spacial score (nSPS) is 18.4. The van der Waals surface area contributed by atoms with Crippen molar-refractivity contribution in [2.45, 2.75) is 13.0 Å². The van der Waals surface area contributed by atoms with Crippen LogP contribution >= 0.6 is 0 Å². The smallest absolute Gasteiger partial charge is 0.307 e. The quantitative estimate of drug-likeness (QED) is 0.807. The van der Waals surface area contributed by atoms with Crippen LogP contribution < -0.4 is 10.1 Å². The number of hydrogen-bond acceptors (Lipinski definition) is 4. The number of likely N-dealkylation sites (tertiary alicyclic amines) is 1. The molecule has 1 aromatic carbocycles. The number of rotatable bonds is 6. The van der Waals surface area contributed by atoms with Gasteiger partial charge in [-0.05, 0) is 30.7 Å². The van der Waals surface area contributed by atoms with Crippen LogP contribution in [-0.2, 0) is 16.1 Å². The van der Waals surface area contributed by atoms with E-state index in [1.54, 1.807) is 7.11 Å². The van der Waals surface area contributed by atoms with Crippen molar-refractivity contribution in [3.8, 4) is 5.75 Å². The SMILES string of the molecule is COc1cccc(CNC(=O)CN2CCC(C(=O)O)C2)c1. The molecule has 6 heteroatoms. The van der Waals surface area contributed by atoms with E-state index in [2.05, 4.69) is 5.32 Å². The van der Waals surface area contributed by atoms with Gasteiger partial charge in [0, 0.05) is 13.1 Å². The lowest BCUT2D eigenvalue weighted by Crippen LogP contribution is -2.36. The van der Waals surface area contributed by atoms with Gasteiger partial charge in [0.1, 0.15) is 5.75 Å². The summed E-state index contributed by atoms with van der Waals surface area (Å²) in [5.74, 6) is -0.472. The highest BCUT2D eigenvalue weighted by molar-refractivity contribution is 5.78. The number of carboxylic acid groups (broad SMARTS) is 1. The molecule has 0 bridgehead atoms. The first-order valence-corrected chi connectivity index (χ1v) is 6.93. The Kier molecular flexibility index (Phi) is 5.16. The van der Waals surface area contributed by atoms with Crippen molar-refractivity contribution >= 4 is 11.9 Å². The molecular formula is C15H20N2O4. The first kappa shape index (κ1) is 15.3. The predicted octanol–water partition coefficient (Wildman–Crippen LogP) is 0.718. The molecule has 1 heterocycles. The Balaban J connectivity index is 1.76. The molecule has 1 atom stereocenters. The number of hydrogen-bond donors (Lipinski definition) is 2. The van der Waals surface area contributed by atoms with E-state index in [1.807, 2.05) is 29.2 Å². The molecule has 0 aromatic heterocycles. The van der Waals surface area contributed by atoms with E-state index in [-0.39, 0.29) is 18.4 Å². The number of carbonyl (C=O) groups excluding carboxylic acids is 1. The summed E-state index contributed by atoms with van der Waals surface area (Å²) < 4.78 is 5.13. The highest BCUT2D eigenvalue weighted by Gasteiger charge is 2.28. The lowest BCUT2D eigenvalue weighted by molar-refractivity contribution is -0.141. The van der Waals surface area contributed by atoms with Gasteiger partial charge in [-0.25, -0.2) is 0 Å². The van der Waals surface area contributed by atoms with Crippen LogP contribution in [0.5, 0.6) is 5.75 Å².